The fourth-order valence-corrected chi connectivity index (χ4v) is 4.33. The van der Waals surface area contributed by atoms with Gasteiger partial charge in [0.1, 0.15) is 5.82 Å². The molecule has 2 aliphatic rings. The van der Waals surface area contributed by atoms with Crippen LogP contribution in [0.1, 0.15) is 24.1 Å². The lowest BCUT2D eigenvalue weighted by Gasteiger charge is -2.27. The van der Waals surface area contributed by atoms with E-state index < -0.39 is 0 Å². The van der Waals surface area contributed by atoms with Crippen molar-refractivity contribution in [2.45, 2.75) is 19.8 Å². The summed E-state index contributed by atoms with van der Waals surface area (Å²) in [5.74, 6) is 1.73. The number of benzene rings is 1. The fourth-order valence-electron chi connectivity index (χ4n) is 4.33. The minimum Gasteiger partial charge on any atom is -0.372 e. The van der Waals surface area contributed by atoms with Crippen molar-refractivity contribution < 1.29 is 0 Å². The number of aromatic nitrogens is 2. The topological polar surface area (TPSA) is 56.7 Å². The molecule has 1 aromatic carbocycles. The average molecular weight is 437 g/mol. The van der Waals surface area contributed by atoms with Crippen LogP contribution in [-0.4, -0.2) is 36.3 Å². The molecule has 0 unspecified atom stereocenters. The summed E-state index contributed by atoms with van der Waals surface area (Å²) in [6.45, 7) is 8.20. The number of aliphatic imine (C=N–C) groups is 1. The van der Waals surface area contributed by atoms with E-state index >= 15 is 0 Å². The lowest BCUT2D eigenvalue weighted by Crippen LogP contribution is -2.28. The number of hydrogen-bond donors (Lipinski definition) is 1. The monoisotopic (exact) mass is 436 g/mol. The Labute approximate surface area is 195 Å². The lowest BCUT2D eigenvalue weighted by molar-refractivity contribution is 0.789. The molecule has 0 aliphatic carbocycles. The molecular formula is C27H28N6. The van der Waals surface area contributed by atoms with E-state index in [1.54, 1.807) is 0 Å². The molecule has 166 valence electrons. The van der Waals surface area contributed by atoms with Gasteiger partial charge in [0.25, 0.3) is 0 Å². The van der Waals surface area contributed by atoms with Crippen molar-refractivity contribution in [1.29, 1.82) is 0 Å². The molecule has 0 bridgehead atoms. The molecule has 0 radical (unpaired) electrons. The molecule has 4 heterocycles. The first-order valence-electron chi connectivity index (χ1n) is 11.3. The standard InChI is InChI=1S/C27H28N6/c1-19-16-22(11-13-29-19)25-8-9-26-27(31-25)33(15-5-14-32(26)3)20(2)30-24-7-4-6-21(17-24)23-10-12-28-18-23/h4,6-9,11-13,16-18,30H,2,5,10,14-15H2,1,3H3. The highest BCUT2D eigenvalue weighted by Gasteiger charge is 2.23. The van der Waals surface area contributed by atoms with Gasteiger partial charge in [-0.2, -0.15) is 0 Å². The number of anilines is 3. The van der Waals surface area contributed by atoms with Gasteiger partial charge in [-0.3, -0.25) is 9.98 Å². The molecule has 0 amide bonds. The Hall–Kier alpha value is -3.93. The Kier molecular flexibility index (Phi) is 5.65. The second kappa shape index (κ2) is 8.90. The fraction of sp³-hybridized carbons (Fsp3) is 0.222. The maximum Gasteiger partial charge on any atom is 0.158 e. The van der Waals surface area contributed by atoms with E-state index in [-0.39, 0.29) is 0 Å². The second-order valence-electron chi connectivity index (χ2n) is 8.49. The zero-order valence-electron chi connectivity index (χ0n) is 19.1. The number of aryl methyl sites for hydroxylation is 1. The van der Waals surface area contributed by atoms with Gasteiger partial charge in [0.15, 0.2) is 5.82 Å². The summed E-state index contributed by atoms with van der Waals surface area (Å²) < 4.78 is 0. The maximum atomic E-state index is 5.09. The largest absolute Gasteiger partial charge is 0.372 e. The van der Waals surface area contributed by atoms with Crippen LogP contribution in [0.3, 0.4) is 0 Å². The molecule has 0 atom stereocenters. The van der Waals surface area contributed by atoms with Crippen LogP contribution in [0, 0.1) is 6.92 Å². The van der Waals surface area contributed by atoms with Crippen molar-refractivity contribution >= 4 is 29.0 Å². The van der Waals surface area contributed by atoms with Crippen LogP contribution in [0.5, 0.6) is 0 Å². The number of fused-ring (bicyclic) bond motifs is 1. The third-order valence-corrected chi connectivity index (χ3v) is 6.08. The molecule has 1 N–H and O–H groups in total. The van der Waals surface area contributed by atoms with Crippen molar-refractivity contribution in [3.05, 3.63) is 84.6 Å². The zero-order chi connectivity index (χ0) is 22.8. The first kappa shape index (κ1) is 20.9. The van der Waals surface area contributed by atoms with E-state index in [0.29, 0.717) is 0 Å². The SMILES string of the molecule is C=C(Nc1cccc(C2=CN=CC2)c1)N1CCCN(C)c2ccc(-c3ccnc(C)c3)nc21. The predicted octanol–water partition coefficient (Wildman–Crippen LogP) is 5.50. The maximum absolute atomic E-state index is 5.09. The Morgan fingerprint density at radius 3 is 2.79 bits per heavy atom. The van der Waals surface area contributed by atoms with Crippen molar-refractivity contribution in [2.24, 2.45) is 4.99 Å². The van der Waals surface area contributed by atoms with Crippen LogP contribution in [-0.2, 0) is 0 Å². The summed E-state index contributed by atoms with van der Waals surface area (Å²) in [4.78, 5) is 18.1. The van der Waals surface area contributed by atoms with Gasteiger partial charge in [-0.1, -0.05) is 18.7 Å². The minimum atomic E-state index is 0.816. The summed E-state index contributed by atoms with van der Waals surface area (Å²) in [7, 11) is 2.12. The Balaban J connectivity index is 1.46. The molecule has 0 spiro atoms. The summed E-state index contributed by atoms with van der Waals surface area (Å²) in [5, 5.41) is 3.52. The number of pyridine rings is 2. The normalized spacial score (nSPS) is 15.2. The number of nitrogens with one attached hydrogen (secondary N) is 1. The van der Waals surface area contributed by atoms with E-state index in [2.05, 4.69) is 81.2 Å². The summed E-state index contributed by atoms with van der Waals surface area (Å²) in [6, 6.07) is 16.7. The Morgan fingerprint density at radius 2 is 1.97 bits per heavy atom. The van der Waals surface area contributed by atoms with Crippen LogP contribution in [0.2, 0.25) is 0 Å². The minimum absolute atomic E-state index is 0.816. The number of rotatable bonds is 5. The molecule has 6 nitrogen and oxygen atoms in total. The number of hydrogen-bond acceptors (Lipinski definition) is 6. The van der Waals surface area contributed by atoms with Gasteiger partial charge < -0.3 is 15.1 Å². The van der Waals surface area contributed by atoms with Crippen molar-refractivity contribution in [1.82, 2.24) is 9.97 Å². The molecule has 0 saturated heterocycles. The highest BCUT2D eigenvalue weighted by molar-refractivity contribution is 5.85. The average Bonchev–Trinajstić information content (AvgIpc) is 3.31. The zero-order valence-corrected chi connectivity index (χ0v) is 19.1. The van der Waals surface area contributed by atoms with Crippen LogP contribution < -0.4 is 15.1 Å². The van der Waals surface area contributed by atoms with Crippen LogP contribution >= 0.6 is 0 Å². The van der Waals surface area contributed by atoms with Gasteiger partial charge >= 0.3 is 0 Å². The summed E-state index contributed by atoms with van der Waals surface area (Å²) in [5.41, 5.74) is 7.49. The molecule has 2 aromatic heterocycles. The van der Waals surface area contributed by atoms with E-state index in [4.69, 9.17) is 4.98 Å². The first-order valence-corrected chi connectivity index (χ1v) is 11.3. The van der Waals surface area contributed by atoms with Crippen molar-refractivity contribution in [3.63, 3.8) is 0 Å². The molecule has 2 aliphatic heterocycles. The Morgan fingerprint density at radius 1 is 1.06 bits per heavy atom. The quantitative estimate of drug-likeness (QED) is 0.573. The number of nitrogens with zero attached hydrogens (tertiary/aromatic N) is 5. The van der Waals surface area contributed by atoms with Gasteiger partial charge in [-0.15, -0.1) is 0 Å². The van der Waals surface area contributed by atoms with Crippen molar-refractivity contribution in [2.75, 3.05) is 35.3 Å². The molecule has 0 saturated carbocycles. The molecule has 3 aromatic rings. The van der Waals surface area contributed by atoms with Crippen LogP contribution in [0.25, 0.3) is 16.8 Å². The third kappa shape index (κ3) is 4.37. The summed E-state index contributed by atoms with van der Waals surface area (Å²) >= 11 is 0. The highest BCUT2D eigenvalue weighted by atomic mass is 15.3. The van der Waals surface area contributed by atoms with Gasteiger partial charge in [-0.25, -0.2) is 4.98 Å². The molecule has 33 heavy (non-hydrogen) atoms. The molecule has 6 heteroatoms. The Bertz CT molecular complexity index is 1260. The van der Waals surface area contributed by atoms with E-state index in [9.17, 15) is 0 Å². The second-order valence-corrected chi connectivity index (χ2v) is 8.49. The van der Waals surface area contributed by atoms with Gasteiger partial charge in [-0.05, 0) is 60.9 Å². The molecule has 5 rings (SSSR count). The highest BCUT2D eigenvalue weighted by Crippen LogP contribution is 2.35. The van der Waals surface area contributed by atoms with Gasteiger partial charge in [0.2, 0.25) is 0 Å². The first-order chi connectivity index (χ1) is 16.1. The molecule has 0 fully saturated rings. The van der Waals surface area contributed by atoms with Crippen LogP contribution in [0.15, 0.2) is 78.3 Å². The third-order valence-electron chi connectivity index (χ3n) is 6.08. The van der Waals surface area contributed by atoms with Crippen LogP contribution in [0.4, 0.5) is 17.2 Å². The van der Waals surface area contributed by atoms with E-state index in [0.717, 1.165) is 65.9 Å². The van der Waals surface area contributed by atoms with Gasteiger partial charge in [0, 0.05) is 62.1 Å². The van der Waals surface area contributed by atoms with E-state index in [1.165, 1.54) is 11.1 Å². The van der Waals surface area contributed by atoms with E-state index in [1.807, 2.05) is 31.6 Å². The van der Waals surface area contributed by atoms with Gasteiger partial charge in [0.05, 0.1) is 11.4 Å². The smallest absolute Gasteiger partial charge is 0.158 e. The lowest BCUT2D eigenvalue weighted by atomic mass is 10.0. The number of allylic oxidation sites excluding steroid dienone is 1. The molecular weight excluding hydrogens is 408 g/mol. The summed E-state index contributed by atoms with van der Waals surface area (Å²) in [6.07, 6.45) is 7.59. The van der Waals surface area contributed by atoms with Crippen molar-refractivity contribution in [3.8, 4) is 11.3 Å². The predicted molar refractivity (Wildman–Crippen MR) is 138 cm³/mol.